The predicted molar refractivity (Wildman–Crippen MR) is 74.8 cm³/mol. The van der Waals surface area contributed by atoms with Crippen LogP contribution in [0.3, 0.4) is 0 Å². The van der Waals surface area contributed by atoms with Gasteiger partial charge in [-0.05, 0) is 30.9 Å². The molecule has 1 aromatic rings. The first-order chi connectivity index (χ1) is 9.66. The van der Waals surface area contributed by atoms with E-state index < -0.39 is 11.9 Å². The van der Waals surface area contributed by atoms with Crippen LogP contribution in [0.15, 0.2) is 24.3 Å². The van der Waals surface area contributed by atoms with Crippen LogP contribution in [0.4, 0.5) is 10.5 Å². The fourth-order valence-corrected chi connectivity index (χ4v) is 3.06. The van der Waals surface area contributed by atoms with E-state index in [0.29, 0.717) is 26.1 Å². The summed E-state index contributed by atoms with van der Waals surface area (Å²) >= 11 is 0. The number of hydrogen-bond acceptors (Lipinski definition) is 2. The average molecular weight is 274 g/mol. The molecule has 2 aliphatic rings. The van der Waals surface area contributed by atoms with Crippen molar-refractivity contribution in [3.8, 4) is 0 Å². The quantitative estimate of drug-likeness (QED) is 0.851. The number of fused-ring (bicyclic) bond motifs is 1. The van der Waals surface area contributed by atoms with Gasteiger partial charge in [-0.2, -0.15) is 0 Å². The van der Waals surface area contributed by atoms with Gasteiger partial charge in [-0.1, -0.05) is 18.2 Å². The Kier molecular flexibility index (Phi) is 3.34. The Morgan fingerprint density at radius 2 is 2.00 bits per heavy atom. The molecule has 5 nitrogen and oxygen atoms in total. The molecular formula is C15H18N2O3. The number of amides is 2. The summed E-state index contributed by atoms with van der Waals surface area (Å²) in [5.41, 5.74) is 2.16. The van der Waals surface area contributed by atoms with Crippen molar-refractivity contribution in [2.75, 3.05) is 24.5 Å². The number of carbonyl (C=O) groups excluding carboxylic acids is 1. The number of aliphatic carboxylic acids is 1. The van der Waals surface area contributed by atoms with E-state index in [0.717, 1.165) is 18.5 Å². The van der Waals surface area contributed by atoms with Crippen LogP contribution in [0.5, 0.6) is 0 Å². The number of carboxylic acids is 1. The molecule has 0 aliphatic carbocycles. The first-order valence-corrected chi connectivity index (χ1v) is 7.04. The van der Waals surface area contributed by atoms with Crippen molar-refractivity contribution in [2.45, 2.75) is 19.3 Å². The minimum Gasteiger partial charge on any atom is -0.481 e. The van der Waals surface area contributed by atoms with E-state index >= 15 is 0 Å². The summed E-state index contributed by atoms with van der Waals surface area (Å²) in [6.07, 6.45) is 2.30. The number of nitrogens with zero attached hydrogens (tertiary/aromatic N) is 2. The molecule has 1 saturated heterocycles. The van der Waals surface area contributed by atoms with Crippen molar-refractivity contribution in [1.29, 1.82) is 0 Å². The molecule has 2 amide bonds. The SMILES string of the molecule is O=C(O)C1CCCN(C(=O)N2CCc3ccccc32)C1. The number of piperidine rings is 1. The van der Waals surface area contributed by atoms with Gasteiger partial charge in [0.25, 0.3) is 0 Å². The summed E-state index contributed by atoms with van der Waals surface area (Å²) in [4.78, 5) is 27.1. The number of para-hydroxylation sites is 1. The van der Waals surface area contributed by atoms with E-state index in [-0.39, 0.29) is 6.03 Å². The van der Waals surface area contributed by atoms with Crippen LogP contribution >= 0.6 is 0 Å². The van der Waals surface area contributed by atoms with Crippen molar-refractivity contribution < 1.29 is 14.7 Å². The van der Waals surface area contributed by atoms with Gasteiger partial charge in [-0.25, -0.2) is 4.79 Å². The Balaban J connectivity index is 1.75. The molecule has 2 aliphatic heterocycles. The molecule has 1 fully saturated rings. The zero-order chi connectivity index (χ0) is 14.1. The summed E-state index contributed by atoms with van der Waals surface area (Å²) in [7, 11) is 0. The fraction of sp³-hybridized carbons (Fsp3) is 0.467. The maximum atomic E-state index is 12.6. The van der Waals surface area contributed by atoms with Gasteiger partial charge in [0.05, 0.1) is 5.92 Å². The van der Waals surface area contributed by atoms with Crippen molar-refractivity contribution in [1.82, 2.24) is 4.90 Å². The van der Waals surface area contributed by atoms with Gasteiger partial charge < -0.3 is 10.0 Å². The second-order valence-corrected chi connectivity index (χ2v) is 5.44. The van der Waals surface area contributed by atoms with Crippen molar-refractivity contribution >= 4 is 17.7 Å². The summed E-state index contributed by atoms with van der Waals surface area (Å²) in [6, 6.07) is 7.85. The Hall–Kier alpha value is -2.04. The molecule has 3 rings (SSSR count). The zero-order valence-electron chi connectivity index (χ0n) is 11.3. The number of anilines is 1. The van der Waals surface area contributed by atoms with Crippen LogP contribution in [-0.4, -0.2) is 41.6 Å². The van der Waals surface area contributed by atoms with Gasteiger partial charge in [0.1, 0.15) is 0 Å². The molecular weight excluding hydrogens is 256 g/mol. The first kappa shape index (κ1) is 13.0. The van der Waals surface area contributed by atoms with Gasteiger partial charge in [-0.3, -0.25) is 9.69 Å². The summed E-state index contributed by atoms with van der Waals surface area (Å²) < 4.78 is 0. The third-order valence-electron chi connectivity index (χ3n) is 4.16. The molecule has 0 spiro atoms. The highest BCUT2D eigenvalue weighted by atomic mass is 16.4. The average Bonchev–Trinajstić information content (AvgIpc) is 2.90. The number of hydrogen-bond donors (Lipinski definition) is 1. The lowest BCUT2D eigenvalue weighted by molar-refractivity contribution is -0.143. The minimum atomic E-state index is -0.802. The van der Waals surface area contributed by atoms with E-state index in [2.05, 4.69) is 0 Å². The molecule has 5 heteroatoms. The van der Waals surface area contributed by atoms with Crippen molar-refractivity contribution in [3.05, 3.63) is 29.8 Å². The van der Waals surface area contributed by atoms with Crippen LogP contribution in [0.2, 0.25) is 0 Å². The van der Waals surface area contributed by atoms with Gasteiger partial charge in [0, 0.05) is 25.3 Å². The molecule has 20 heavy (non-hydrogen) atoms. The lowest BCUT2D eigenvalue weighted by atomic mass is 9.99. The number of urea groups is 1. The van der Waals surface area contributed by atoms with Gasteiger partial charge in [-0.15, -0.1) is 0 Å². The van der Waals surface area contributed by atoms with E-state index in [4.69, 9.17) is 5.11 Å². The number of carbonyl (C=O) groups is 2. The molecule has 106 valence electrons. The van der Waals surface area contributed by atoms with Crippen molar-refractivity contribution in [2.24, 2.45) is 5.92 Å². The second-order valence-electron chi connectivity index (χ2n) is 5.44. The Bertz CT molecular complexity index is 544. The van der Waals surface area contributed by atoms with Crippen LogP contribution in [-0.2, 0) is 11.2 Å². The normalized spacial score (nSPS) is 21.7. The second kappa shape index (κ2) is 5.15. The van der Waals surface area contributed by atoms with Gasteiger partial charge in [0.15, 0.2) is 0 Å². The Morgan fingerprint density at radius 3 is 2.80 bits per heavy atom. The number of rotatable bonds is 1. The zero-order valence-corrected chi connectivity index (χ0v) is 11.3. The van der Waals surface area contributed by atoms with E-state index in [1.807, 2.05) is 24.3 Å². The van der Waals surface area contributed by atoms with Crippen LogP contribution < -0.4 is 4.90 Å². The predicted octanol–water partition coefficient (Wildman–Crippen LogP) is 1.97. The number of carboxylic acid groups (broad SMARTS) is 1. The highest BCUT2D eigenvalue weighted by Crippen LogP contribution is 2.29. The standard InChI is InChI=1S/C15H18N2O3/c18-14(19)12-5-3-8-16(10-12)15(20)17-9-7-11-4-1-2-6-13(11)17/h1-2,4,6,12H,3,5,7-10H2,(H,18,19). The lowest BCUT2D eigenvalue weighted by Crippen LogP contribution is -2.48. The maximum Gasteiger partial charge on any atom is 0.324 e. The van der Waals surface area contributed by atoms with E-state index in [9.17, 15) is 9.59 Å². The topological polar surface area (TPSA) is 60.9 Å². The van der Waals surface area contributed by atoms with Gasteiger partial charge in [0.2, 0.25) is 0 Å². The highest BCUT2D eigenvalue weighted by Gasteiger charge is 2.33. The molecule has 2 heterocycles. The number of likely N-dealkylation sites (tertiary alicyclic amines) is 1. The van der Waals surface area contributed by atoms with Crippen molar-refractivity contribution in [3.63, 3.8) is 0 Å². The van der Waals surface area contributed by atoms with Gasteiger partial charge >= 0.3 is 12.0 Å². The molecule has 0 radical (unpaired) electrons. The summed E-state index contributed by atoms with van der Waals surface area (Å²) in [5, 5.41) is 9.11. The highest BCUT2D eigenvalue weighted by molar-refractivity contribution is 5.94. The minimum absolute atomic E-state index is 0.0547. The summed E-state index contributed by atoms with van der Waals surface area (Å²) in [6.45, 7) is 1.67. The van der Waals surface area contributed by atoms with Crippen LogP contribution in [0.1, 0.15) is 18.4 Å². The molecule has 0 bridgehead atoms. The Labute approximate surface area is 117 Å². The molecule has 0 aromatic heterocycles. The third-order valence-corrected chi connectivity index (χ3v) is 4.16. The van der Waals surface area contributed by atoms with E-state index in [1.165, 1.54) is 5.56 Å². The molecule has 0 saturated carbocycles. The number of benzene rings is 1. The fourth-order valence-electron chi connectivity index (χ4n) is 3.06. The summed E-state index contributed by atoms with van der Waals surface area (Å²) in [5.74, 6) is -1.23. The third kappa shape index (κ3) is 2.24. The smallest absolute Gasteiger partial charge is 0.324 e. The lowest BCUT2D eigenvalue weighted by Gasteiger charge is -2.33. The maximum absolute atomic E-state index is 12.6. The monoisotopic (exact) mass is 274 g/mol. The molecule has 1 atom stereocenters. The van der Waals surface area contributed by atoms with E-state index in [1.54, 1.807) is 9.80 Å². The van der Waals surface area contributed by atoms with Crippen LogP contribution in [0.25, 0.3) is 0 Å². The molecule has 1 aromatic carbocycles. The Morgan fingerprint density at radius 1 is 1.20 bits per heavy atom. The van der Waals surface area contributed by atoms with Crippen LogP contribution in [0, 0.1) is 5.92 Å². The molecule has 1 unspecified atom stereocenters. The molecule has 1 N–H and O–H groups in total. The largest absolute Gasteiger partial charge is 0.481 e. The first-order valence-electron chi connectivity index (χ1n) is 7.04.